The van der Waals surface area contributed by atoms with E-state index < -0.39 is 17.6 Å². The van der Waals surface area contributed by atoms with E-state index in [0.717, 1.165) is 0 Å². The van der Waals surface area contributed by atoms with Crippen LogP contribution >= 0.6 is 0 Å². The Morgan fingerprint density at radius 3 is 2.84 bits per heavy atom. The van der Waals surface area contributed by atoms with Crippen LogP contribution in [0.2, 0.25) is 0 Å². The van der Waals surface area contributed by atoms with Gasteiger partial charge in [0.15, 0.2) is 0 Å². The van der Waals surface area contributed by atoms with Gasteiger partial charge in [-0.25, -0.2) is 0 Å². The third kappa shape index (κ3) is 4.62. The van der Waals surface area contributed by atoms with Gasteiger partial charge in [-0.15, -0.1) is 0 Å². The SMILES string of the molecule is N#CC1(NCCCN=[N+]=[N-])CCCC(C(F)(F)F)C1. The van der Waals surface area contributed by atoms with Gasteiger partial charge in [-0.05, 0) is 44.2 Å². The molecule has 0 amide bonds. The lowest BCUT2D eigenvalue weighted by atomic mass is 9.76. The Morgan fingerprint density at radius 2 is 2.26 bits per heavy atom. The van der Waals surface area contributed by atoms with Crippen LogP contribution in [0, 0.1) is 17.2 Å². The second-order valence-corrected chi connectivity index (χ2v) is 4.76. The standard InChI is InChI=1S/C11H16F3N5/c12-11(13,14)9-3-1-4-10(7-9,8-15)17-5-2-6-18-19-16/h9,17H,1-7H2. The molecule has 0 bridgehead atoms. The molecule has 106 valence electrons. The largest absolute Gasteiger partial charge is 0.391 e. The summed E-state index contributed by atoms with van der Waals surface area (Å²) in [6.07, 6.45) is -3.03. The highest BCUT2D eigenvalue weighted by molar-refractivity contribution is 5.10. The number of hydrogen-bond acceptors (Lipinski definition) is 3. The van der Waals surface area contributed by atoms with Crippen LogP contribution in [-0.4, -0.2) is 24.8 Å². The smallest absolute Gasteiger partial charge is 0.299 e. The summed E-state index contributed by atoms with van der Waals surface area (Å²) < 4.78 is 38.2. The van der Waals surface area contributed by atoms with E-state index in [1.807, 2.05) is 6.07 Å². The summed E-state index contributed by atoms with van der Waals surface area (Å²) in [5, 5.41) is 15.4. The Morgan fingerprint density at radius 1 is 1.53 bits per heavy atom. The van der Waals surface area contributed by atoms with E-state index in [0.29, 0.717) is 25.8 Å². The van der Waals surface area contributed by atoms with Crippen LogP contribution in [0.15, 0.2) is 5.11 Å². The van der Waals surface area contributed by atoms with Crippen molar-refractivity contribution in [2.24, 2.45) is 11.0 Å². The number of nitriles is 1. The fourth-order valence-electron chi connectivity index (χ4n) is 2.38. The number of halogens is 3. The maximum absolute atomic E-state index is 12.7. The number of azide groups is 1. The summed E-state index contributed by atoms with van der Waals surface area (Å²) in [4.78, 5) is 2.59. The second-order valence-electron chi connectivity index (χ2n) is 4.76. The van der Waals surface area contributed by atoms with E-state index in [9.17, 15) is 13.2 Å². The summed E-state index contributed by atoms with van der Waals surface area (Å²) in [7, 11) is 0. The van der Waals surface area contributed by atoms with Crippen molar-refractivity contribution in [3.63, 3.8) is 0 Å². The van der Waals surface area contributed by atoms with Crippen LogP contribution in [0.3, 0.4) is 0 Å². The van der Waals surface area contributed by atoms with Crippen LogP contribution in [0.5, 0.6) is 0 Å². The molecule has 0 spiro atoms. The number of nitrogens with one attached hydrogen (secondary N) is 1. The van der Waals surface area contributed by atoms with E-state index in [2.05, 4.69) is 15.3 Å². The number of hydrogen-bond donors (Lipinski definition) is 1. The lowest BCUT2D eigenvalue weighted by molar-refractivity contribution is -0.186. The molecule has 0 saturated heterocycles. The summed E-state index contributed by atoms with van der Waals surface area (Å²) >= 11 is 0. The first-order valence-electron chi connectivity index (χ1n) is 6.17. The third-order valence-corrected chi connectivity index (χ3v) is 3.39. The second kappa shape index (κ2) is 6.64. The van der Waals surface area contributed by atoms with Gasteiger partial charge < -0.3 is 0 Å². The average Bonchev–Trinajstić information content (AvgIpc) is 2.38. The fourth-order valence-corrected chi connectivity index (χ4v) is 2.38. The molecule has 5 nitrogen and oxygen atoms in total. The van der Waals surface area contributed by atoms with Gasteiger partial charge in [-0.2, -0.15) is 18.4 Å². The highest BCUT2D eigenvalue weighted by atomic mass is 19.4. The zero-order valence-corrected chi connectivity index (χ0v) is 10.4. The van der Waals surface area contributed by atoms with Crippen molar-refractivity contribution in [3.05, 3.63) is 10.4 Å². The van der Waals surface area contributed by atoms with Gasteiger partial charge in [-0.1, -0.05) is 5.11 Å². The number of nitrogens with zero attached hydrogens (tertiary/aromatic N) is 4. The molecule has 0 aromatic carbocycles. The fraction of sp³-hybridized carbons (Fsp3) is 0.909. The van der Waals surface area contributed by atoms with Crippen molar-refractivity contribution < 1.29 is 13.2 Å². The summed E-state index contributed by atoms with van der Waals surface area (Å²) in [5.41, 5.74) is 6.99. The van der Waals surface area contributed by atoms with Crippen molar-refractivity contribution in [1.82, 2.24) is 5.32 Å². The lowest BCUT2D eigenvalue weighted by Gasteiger charge is -2.37. The van der Waals surface area contributed by atoms with E-state index in [4.69, 9.17) is 10.8 Å². The Kier molecular flexibility index (Phi) is 5.45. The van der Waals surface area contributed by atoms with Crippen molar-refractivity contribution >= 4 is 0 Å². The number of rotatable bonds is 5. The average molecular weight is 275 g/mol. The molecule has 2 atom stereocenters. The Labute approximate surface area is 109 Å². The van der Waals surface area contributed by atoms with E-state index >= 15 is 0 Å². The van der Waals surface area contributed by atoms with Crippen molar-refractivity contribution in [2.75, 3.05) is 13.1 Å². The van der Waals surface area contributed by atoms with Crippen molar-refractivity contribution in [3.8, 4) is 6.07 Å². The molecular formula is C11H16F3N5. The predicted octanol–water partition coefficient (Wildman–Crippen LogP) is 3.29. The minimum absolute atomic E-state index is 0.0906. The first kappa shape index (κ1) is 15.6. The van der Waals surface area contributed by atoms with Gasteiger partial charge in [0, 0.05) is 11.5 Å². The minimum Gasteiger partial charge on any atom is -0.299 e. The molecule has 1 aliphatic rings. The zero-order chi connectivity index (χ0) is 14.4. The lowest BCUT2D eigenvalue weighted by Crippen LogP contribution is -2.50. The van der Waals surface area contributed by atoms with Crippen LogP contribution in [0.4, 0.5) is 13.2 Å². The molecule has 19 heavy (non-hydrogen) atoms. The monoisotopic (exact) mass is 275 g/mol. The predicted molar refractivity (Wildman–Crippen MR) is 63.0 cm³/mol. The molecule has 2 unspecified atom stereocenters. The molecule has 1 N–H and O–H groups in total. The first-order chi connectivity index (χ1) is 8.93. The molecule has 1 fully saturated rings. The molecule has 0 aromatic rings. The Hall–Kier alpha value is -1.45. The normalized spacial score (nSPS) is 27.4. The first-order valence-corrected chi connectivity index (χ1v) is 6.17. The molecule has 8 heteroatoms. The van der Waals surface area contributed by atoms with E-state index in [1.54, 1.807) is 0 Å². The van der Waals surface area contributed by atoms with Crippen LogP contribution in [-0.2, 0) is 0 Å². The minimum atomic E-state index is -4.24. The molecule has 1 rings (SSSR count). The van der Waals surface area contributed by atoms with Crippen LogP contribution in [0.1, 0.15) is 32.1 Å². The molecule has 1 saturated carbocycles. The zero-order valence-electron chi connectivity index (χ0n) is 10.4. The van der Waals surface area contributed by atoms with Gasteiger partial charge >= 0.3 is 6.18 Å². The summed E-state index contributed by atoms with van der Waals surface area (Å²) in [6, 6.07) is 2.00. The molecule has 0 aromatic heterocycles. The Bertz CT molecular complexity index is 383. The molecular weight excluding hydrogens is 259 g/mol. The Balaban J connectivity index is 2.55. The molecule has 1 aliphatic carbocycles. The molecule has 0 aliphatic heterocycles. The van der Waals surface area contributed by atoms with Crippen LogP contribution in [0.25, 0.3) is 10.4 Å². The maximum atomic E-state index is 12.7. The van der Waals surface area contributed by atoms with Gasteiger partial charge in [-0.3, -0.25) is 5.32 Å². The maximum Gasteiger partial charge on any atom is 0.391 e. The van der Waals surface area contributed by atoms with Crippen molar-refractivity contribution in [1.29, 1.82) is 5.26 Å². The van der Waals surface area contributed by atoms with E-state index in [-0.39, 0.29) is 19.4 Å². The number of alkyl halides is 3. The van der Waals surface area contributed by atoms with Crippen molar-refractivity contribution in [2.45, 2.75) is 43.8 Å². The van der Waals surface area contributed by atoms with E-state index in [1.165, 1.54) is 0 Å². The van der Waals surface area contributed by atoms with Gasteiger partial charge in [0.05, 0.1) is 12.0 Å². The topological polar surface area (TPSA) is 84.6 Å². The summed E-state index contributed by atoms with van der Waals surface area (Å²) in [5.74, 6) is -1.41. The van der Waals surface area contributed by atoms with Crippen LogP contribution < -0.4 is 5.32 Å². The quantitative estimate of drug-likeness (QED) is 0.361. The summed E-state index contributed by atoms with van der Waals surface area (Å²) in [6.45, 7) is 0.644. The third-order valence-electron chi connectivity index (χ3n) is 3.39. The molecule has 0 heterocycles. The van der Waals surface area contributed by atoms with Gasteiger partial charge in [0.25, 0.3) is 0 Å². The highest BCUT2D eigenvalue weighted by Gasteiger charge is 2.47. The van der Waals surface area contributed by atoms with Gasteiger partial charge in [0.2, 0.25) is 0 Å². The molecule has 0 radical (unpaired) electrons. The highest BCUT2D eigenvalue weighted by Crippen LogP contribution is 2.41. The van der Waals surface area contributed by atoms with Gasteiger partial charge in [0.1, 0.15) is 5.54 Å².